The first-order valence-electron chi connectivity index (χ1n) is 9.64. The van der Waals surface area contributed by atoms with Crippen molar-refractivity contribution in [1.29, 1.82) is 0 Å². The van der Waals surface area contributed by atoms with Gasteiger partial charge < -0.3 is 5.11 Å². The summed E-state index contributed by atoms with van der Waals surface area (Å²) in [5.74, 6) is 3.80. The zero-order valence-electron chi connectivity index (χ0n) is 14.0. The van der Waals surface area contributed by atoms with Gasteiger partial charge in [-0.25, -0.2) is 0 Å². The van der Waals surface area contributed by atoms with Crippen LogP contribution in [0, 0.1) is 29.1 Å². The number of H-pyrrole nitrogens is 1. The third-order valence-electron chi connectivity index (χ3n) is 8.18. The number of aliphatic hydroxyl groups excluding tert-OH is 1. The monoisotopic (exact) mass is 312 g/mol. The van der Waals surface area contributed by atoms with Gasteiger partial charge in [-0.3, -0.25) is 5.10 Å². The minimum absolute atomic E-state index is 0.0430. The summed E-state index contributed by atoms with van der Waals surface area (Å²) in [6.07, 6.45) is 15.4. The number of hydrogen-bond donors (Lipinski definition) is 2. The lowest BCUT2D eigenvalue weighted by molar-refractivity contribution is -0.0719. The summed E-state index contributed by atoms with van der Waals surface area (Å²) >= 11 is 0. The molecule has 0 radical (unpaired) electrons. The number of hydrogen-bond acceptors (Lipinski definition) is 2. The fourth-order valence-corrected chi connectivity index (χ4v) is 7.11. The van der Waals surface area contributed by atoms with E-state index >= 15 is 0 Å². The summed E-state index contributed by atoms with van der Waals surface area (Å²) in [7, 11) is 0. The Labute approximate surface area is 138 Å². The van der Waals surface area contributed by atoms with Crippen molar-refractivity contribution < 1.29 is 5.11 Å². The van der Waals surface area contributed by atoms with Crippen molar-refractivity contribution in [2.75, 3.05) is 0 Å². The highest BCUT2D eigenvalue weighted by molar-refractivity contribution is 5.54. The summed E-state index contributed by atoms with van der Waals surface area (Å²) in [6.45, 7) is 2.31. The van der Waals surface area contributed by atoms with Gasteiger partial charge in [0.1, 0.15) is 0 Å². The molecule has 3 fully saturated rings. The average Bonchev–Trinajstić information content (AvgIpc) is 3.19. The molecule has 1 heterocycles. The van der Waals surface area contributed by atoms with Gasteiger partial charge >= 0.3 is 0 Å². The Hall–Kier alpha value is -1.09. The van der Waals surface area contributed by atoms with E-state index in [2.05, 4.69) is 35.5 Å². The lowest BCUT2D eigenvalue weighted by Gasteiger charge is -2.55. The van der Waals surface area contributed by atoms with Crippen LogP contribution in [0.1, 0.15) is 69.0 Å². The molecule has 1 aromatic rings. The molecule has 4 aliphatic rings. The molecule has 124 valence electrons. The SMILES string of the molecule is CC[C@]12CCC3C(CC[C@@H]4c5cn[nH]c5C=C[C@H]34)C1CC[C@@H]2O. The van der Waals surface area contributed by atoms with Crippen molar-refractivity contribution >= 4 is 6.08 Å². The molecule has 0 aromatic carbocycles. The number of nitrogens with zero attached hydrogens (tertiary/aromatic N) is 1. The van der Waals surface area contributed by atoms with E-state index in [1.54, 1.807) is 0 Å². The molecule has 0 aliphatic heterocycles. The first kappa shape index (κ1) is 14.3. The Morgan fingerprint density at radius 2 is 2.13 bits per heavy atom. The van der Waals surface area contributed by atoms with E-state index in [4.69, 9.17) is 0 Å². The molecule has 3 saturated carbocycles. The third-order valence-corrected chi connectivity index (χ3v) is 8.18. The lowest BCUT2D eigenvalue weighted by Crippen LogP contribution is -2.49. The molecule has 23 heavy (non-hydrogen) atoms. The number of fused-ring (bicyclic) bond motifs is 7. The summed E-state index contributed by atoms with van der Waals surface area (Å²) in [6, 6.07) is 0. The predicted octanol–water partition coefficient (Wildman–Crippen LogP) is 4.12. The second-order valence-corrected chi connectivity index (χ2v) is 8.51. The van der Waals surface area contributed by atoms with Crippen molar-refractivity contribution in [2.24, 2.45) is 29.1 Å². The Bertz CT molecular complexity index is 635. The standard InChI is InChI=1S/C20H28N2O/c1-2-20-10-9-14-12-5-7-18-16(11-21-22-18)13(12)3-4-15(14)17(20)6-8-19(20)23/h5,7,11-15,17,19,23H,2-4,6,8-10H2,1H3,(H,21,22)/t12-,13-,14?,15?,17?,19-,20-/m0/s1. The van der Waals surface area contributed by atoms with Gasteiger partial charge in [0.15, 0.2) is 0 Å². The molecule has 3 unspecified atom stereocenters. The highest BCUT2D eigenvalue weighted by Gasteiger charge is 2.57. The molecule has 0 amide bonds. The van der Waals surface area contributed by atoms with Crippen molar-refractivity contribution in [3.05, 3.63) is 23.5 Å². The minimum atomic E-state index is -0.0430. The van der Waals surface area contributed by atoms with Gasteiger partial charge in [-0.1, -0.05) is 13.0 Å². The number of rotatable bonds is 1. The molecule has 1 aromatic heterocycles. The first-order chi connectivity index (χ1) is 11.2. The summed E-state index contributed by atoms with van der Waals surface area (Å²) in [4.78, 5) is 0. The van der Waals surface area contributed by atoms with Crippen LogP contribution in [0.25, 0.3) is 6.08 Å². The van der Waals surface area contributed by atoms with Crippen molar-refractivity contribution in [3.63, 3.8) is 0 Å². The molecule has 7 atom stereocenters. The lowest BCUT2D eigenvalue weighted by atomic mass is 9.50. The van der Waals surface area contributed by atoms with Crippen LogP contribution >= 0.6 is 0 Å². The fourth-order valence-electron chi connectivity index (χ4n) is 7.11. The number of nitrogens with one attached hydrogen (secondary N) is 1. The van der Waals surface area contributed by atoms with E-state index in [1.807, 2.05) is 0 Å². The van der Waals surface area contributed by atoms with E-state index in [0.29, 0.717) is 11.8 Å². The zero-order chi connectivity index (χ0) is 15.6. The molecule has 5 rings (SSSR count). The Morgan fingerprint density at radius 1 is 1.22 bits per heavy atom. The van der Waals surface area contributed by atoms with Crippen LogP contribution in [0.15, 0.2) is 12.3 Å². The predicted molar refractivity (Wildman–Crippen MR) is 90.8 cm³/mol. The Kier molecular flexibility index (Phi) is 3.07. The van der Waals surface area contributed by atoms with Gasteiger partial charge in [-0.05, 0) is 86.0 Å². The maximum Gasteiger partial charge on any atom is 0.0609 e. The summed E-state index contributed by atoms with van der Waals surface area (Å²) in [5, 5.41) is 18.1. The summed E-state index contributed by atoms with van der Waals surface area (Å²) < 4.78 is 0. The van der Waals surface area contributed by atoms with Crippen LogP contribution in [0.5, 0.6) is 0 Å². The van der Waals surface area contributed by atoms with Gasteiger partial charge in [0.25, 0.3) is 0 Å². The van der Waals surface area contributed by atoms with Crippen LogP contribution in [-0.4, -0.2) is 21.4 Å². The van der Waals surface area contributed by atoms with Crippen LogP contribution in [0.3, 0.4) is 0 Å². The second-order valence-electron chi connectivity index (χ2n) is 8.51. The van der Waals surface area contributed by atoms with E-state index in [9.17, 15) is 5.11 Å². The van der Waals surface area contributed by atoms with Crippen LogP contribution in [0.4, 0.5) is 0 Å². The molecular weight excluding hydrogens is 284 g/mol. The van der Waals surface area contributed by atoms with Gasteiger partial charge in [0.2, 0.25) is 0 Å². The number of aromatic amines is 1. The van der Waals surface area contributed by atoms with E-state index in [-0.39, 0.29) is 11.5 Å². The van der Waals surface area contributed by atoms with Crippen molar-refractivity contribution in [1.82, 2.24) is 10.2 Å². The maximum absolute atomic E-state index is 10.7. The van der Waals surface area contributed by atoms with Crippen molar-refractivity contribution in [3.8, 4) is 0 Å². The summed E-state index contributed by atoms with van der Waals surface area (Å²) in [5.41, 5.74) is 2.93. The number of allylic oxidation sites excluding steroid dienone is 1. The van der Waals surface area contributed by atoms with Crippen LogP contribution in [0.2, 0.25) is 0 Å². The molecule has 0 bridgehead atoms. The first-order valence-corrected chi connectivity index (χ1v) is 9.64. The molecule has 3 heteroatoms. The second kappa shape index (κ2) is 4.95. The van der Waals surface area contributed by atoms with Crippen LogP contribution < -0.4 is 0 Å². The largest absolute Gasteiger partial charge is 0.393 e. The molecule has 3 nitrogen and oxygen atoms in total. The highest BCUT2D eigenvalue weighted by atomic mass is 16.3. The van der Waals surface area contributed by atoms with Gasteiger partial charge in [-0.2, -0.15) is 5.10 Å². The molecule has 0 spiro atoms. The highest BCUT2D eigenvalue weighted by Crippen LogP contribution is 2.63. The average molecular weight is 312 g/mol. The van der Waals surface area contributed by atoms with Gasteiger partial charge in [0, 0.05) is 5.56 Å². The Morgan fingerprint density at radius 3 is 3.00 bits per heavy atom. The Balaban J connectivity index is 1.48. The number of aromatic nitrogens is 2. The van der Waals surface area contributed by atoms with Gasteiger partial charge in [-0.15, -0.1) is 0 Å². The topological polar surface area (TPSA) is 48.9 Å². The molecule has 2 N–H and O–H groups in total. The third kappa shape index (κ3) is 1.77. The molecular formula is C20H28N2O. The van der Waals surface area contributed by atoms with E-state index in [0.717, 1.165) is 30.6 Å². The van der Waals surface area contributed by atoms with Crippen molar-refractivity contribution in [2.45, 2.75) is 63.9 Å². The fraction of sp³-hybridized carbons (Fsp3) is 0.750. The van der Waals surface area contributed by atoms with E-state index in [1.165, 1.54) is 43.4 Å². The molecule has 0 saturated heterocycles. The normalized spacial score (nSPS) is 47.6. The van der Waals surface area contributed by atoms with Gasteiger partial charge in [0.05, 0.1) is 18.0 Å². The zero-order valence-corrected chi connectivity index (χ0v) is 14.0. The van der Waals surface area contributed by atoms with E-state index < -0.39 is 0 Å². The minimum Gasteiger partial charge on any atom is -0.393 e. The van der Waals surface area contributed by atoms with Crippen LogP contribution in [-0.2, 0) is 0 Å². The maximum atomic E-state index is 10.7. The quantitative estimate of drug-likeness (QED) is 0.819. The molecule has 4 aliphatic carbocycles. The number of aliphatic hydroxyl groups is 1. The smallest absolute Gasteiger partial charge is 0.0609 e.